The highest BCUT2D eigenvalue weighted by molar-refractivity contribution is 5.73. The van der Waals surface area contributed by atoms with Crippen molar-refractivity contribution in [1.29, 1.82) is 0 Å². The second kappa shape index (κ2) is 7.58. The van der Waals surface area contributed by atoms with Crippen molar-refractivity contribution in [2.45, 2.75) is 56.1 Å². The van der Waals surface area contributed by atoms with Crippen LogP contribution in [-0.2, 0) is 25.5 Å². The minimum Gasteiger partial charge on any atom is -0.479 e. The van der Waals surface area contributed by atoms with Crippen molar-refractivity contribution in [3.8, 4) is 5.75 Å². The Morgan fingerprint density at radius 2 is 1.81 bits per heavy atom. The van der Waals surface area contributed by atoms with E-state index in [2.05, 4.69) is 0 Å². The molecule has 0 bridgehead atoms. The molecule has 0 spiro atoms. The van der Waals surface area contributed by atoms with Gasteiger partial charge in [-0.2, -0.15) is 0 Å². The summed E-state index contributed by atoms with van der Waals surface area (Å²) in [6.07, 6.45) is -6.74. The van der Waals surface area contributed by atoms with E-state index < -0.39 is 36.7 Å². The van der Waals surface area contributed by atoms with Crippen LogP contribution in [0.2, 0.25) is 0 Å². The van der Waals surface area contributed by atoms with Crippen molar-refractivity contribution in [3.63, 3.8) is 0 Å². The molecule has 142 valence electrons. The maximum Gasteiger partial charge on any atom is 0.335 e. The first kappa shape index (κ1) is 18.6. The van der Waals surface area contributed by atoms with Crippen LogP contribution in [0.4, 0.5) is 0 Å². The minimum atomic E-state index is -1.76. The van der Waals surface area contributed by atoms with Crippen LogP contribution in [0.1, 0.15) is 18.4 Å². The maximum atomic E-state index is 11.1. The van der Waals surface area contributed by atoms with Gasteiger partial charge in [0.05, 0.1) is 0 Å². The topological polar surface area (TPSA) is 143 Å². The third-order valence-electron chi connectivity index (χ3n) is 4.42. The van der Waals surface area contributed by atoms with Gasteiger partial charge in [0.15, 0.2) is 6.10 Å². The fourth-order valence-electron chi connectivity index (χ4n) is 2.98. The first-order valence-corrected chi connectivity index (χ1v) is 8.22. The van der Waals surface area contributed by atoms with E-state index in [4.69, 9.17) is 19.3 Å². The molecule has 2 aliphatic heterocycles. The average Bonchev–Trinajstić information content (AvgIpc) is 3.01. The van der Waals surface area contributed by atoms with Gasteiger partial charge in [0.2, 0.25) is 6.29 Å². The quantitative estimate of drug-likeness (QED) is 0.491. The van der Waals surface area contributed by atoms with E-state index in [0.29, 0.717) is 19.3 Å². The first-order chi connectivity index (χ1) is 12.3. The summed E-state index contributed by atoms with van der Waals surface area (Å²) in [6.45, 7) is 0. The summed E-state index contributed by atoms with van der Waals surface area (Å²) < 4.78 is 15.6. The van der Waals surface area contributed by atoms with Gasteiger partial charge in [-0.1, -0.05) is 12.1 Å². The summed E-state index contributed by atoms with van der Waals surface area (Å²) in [5, 5.41) is 38.4. The summed E-state index contributed by atoms with van der Waals surface area (Å²) in [5.41, 5.74) is 0.918. The maximum absolute atomic E-state index is 11.1. The highest BCUT2D eigenvalue weighted by Crippen LogP contribution is 2.25. The Hall–Kier alpha value is -2.20. The third-order valence-corrected chi connectivity index (χ3v) is 4.42. The molecule has 9 heteroatoms. The van der Waals surface area contributed by atoms with Crippen LogP contribution in [0.25, 0.3) is 0 Å². The van der Waals surface area contributed by atoms with Crippen LogP contribution in [0.3, 0.4) is 0 Å². The number of aliphatic hydroxyl groups excluding tert-OH is 3. The van der Waals surface area contributed by atoms with E-state index in [1.807, 2.05) is 0 Å². The molecule has 2 saturated heterocycles. The average molecular weight is 368 g/mol. The summed E-state index contributed by atoms with van der Waals surface area (Å²) in [6, 6.07) is 6.68. The zero-order chi connectivity index (χ0) is 18.8. The predicted octanol–water partition coefficient (Wildman–Crippen LogP) is -0.794. The number of carbonyl (C=O) groups is 2. The van der Waals surface area contributed by atoms with E-state index >= 15 is 0 Å². The summed E-state index contributed by atoms with van der Waals surface area (Å²) >= 11 is 0. The second-order valence-electron chi connectivity index (χ2n) is 6.35. The Bertz CT molecular complexity index is 659. The number of carboxylic acid groups (broad SMARTS) is 1. The van der Waals surface area contributed by atoms with E-state index in [-0.39, 0.29) is 17.8 Å². The summed E-state index contributed by atoms with van der Waals surface area (Å²) in [5.74, 6) is -1.39. The van der Waals surface area contributed by atoms with Gasteiger partial charge in [0.1, 0.15) is 30.2 Å². The molecule has 2 aliphatic rings. The van der Waals surface area contributed by atoms with E-state index in [1.54, 1.807) is 24.3 Å². The van der Waals surface area contributed by atoms with Gasteiger partial charge < -0.3 is 34.6 Å². The molecule has 2 heterocycles. The molecule has 0 aliphatic carbocycles. The molecule has 0 amide bonds. The normalized spacial score (nSPS) is 34.3. The summed E-state index contributed by atoms with van der Waals surface area (Å²) in [7, 11) is 0. The molecule has 1 aromatic carbocycles. The molecule has 3 rings (SSSR count). The van der Waals surface area contributed by atoms with Gasteiger partial charge >= 0.3 is 11.9 Å². The van der Waals surface area contributed by atoms with Crippen molar-refractivity contribution >= 4 is 11.9 Å². The Morgan fingerprint density at radius 3 is 2.38 bits per heavy atom. The highest BCUT2D eigenvalue weighted by atomic mass is 16.7. The van der Waals surface area contributed by atoms with Crippen LogP contribution < -0.4 is 4.74 Å². The standard InChI is InChI=1S/C17H20O9/c18-11-6-5-10(24-11)7-8-1-3-9(4-2-8)25-17-14(21)12(19)13(20)15(26-17)16(22)23/h1-4,10,12-15,17,19-21H,5-7H2,(H,22,23)/t10?,12-,13?,14?,15-,17+/m0/s1. The monoisotopic (exact) mass is 368 g/mol. The van der Waals surface area contributed by atoms with Crippen molar-refractivity contribution in [1.82, 2.24) is 0 Å². The molecule has 0 saturated carbocycles. The second-order valence-corrected chi connectivity index (χ2v) is 6.35. The number of rotatable bonds is 5. The number of carbonyl (C=O) groups excluding carboxylic acids is 1. The lowest BCUT2D eigenvalue weighted by molar-refractivity contribution is -0.271. The fourth-order valence-corrected chi connectivity index (χ4v) is 2.98. The van der Waals surface area contributed by atoms with Crippen molar-refractivity contribution in [3.05, 3.63) is 29.8 Å². The SMILES string of the molecule is O=C1CCC(Cc2ccc(O[C@@H]3O[C@H](C(=O)O)C(O)[C@H](O)C3O)cc2)O1. The number of aliphatic carboxylic acids is 1. The number of carboxylic acids is 1. The fraction of sp³-hybridized carbons (Fsp3) is 0.529. The van der Waals surface area contributed by atoms with Gasteiger partial charge in [-0.25, -0.2) is 4.79 Å². The molecule has 0 aromatic heterocycles. The predicted molar refractivity (Wildman–Crippen MR) is 84.2 cm³/mol. The third kappa shape index (κ3) is 3.96. The minimum absolute atomic E-state index is 0.147. The Labute approximate surface area is 148 Å². The van der Waals surface area contributed by atoms with Gasteiger partial charge in [-0.05, 0) is 24.1 Å². The molecule has 3 unspecified atom stereocenters. The molecule has 26 heavy (non-hydrogen) atoms. The van der Waals surface area contributed by atoms with Gasteiger partial charge in [-0.15, -0.1) is 0 Å². The number of aliphatic hydroxyl groups is 3. The summed E-state index contributed by atoms with van der Waals surface area (Å²) in [4.78, 5) is 22.2. The van der Waals surface area contributed by atoms with Crippen LogP contribution in [0.15, 0.2) is 24.3 Å². The molecule has 4 N–H and O–H groups in total. The number of hydrogen-bond donors (Lipinski definition) is 4. The van der Waals surface area contributed by atoms with E-state index in [0.717, 1.165) is 5.56 Å². The van der Waals surface area contributed by atoms with Crippen molar-refractivity contribution < 1.29 is 44.2 Å². The smallest absolute Gasteiger partial charge is 0.335 e. The number of benzene rings is 1. The Morgan fingerprint density at radius 1 is 1.12 bits per heavy atom. The van der Waals surface area contributed by atoms with Crippen LogP contribution >= 0.6 is 0 Å². The lowest BCUT2D eigenvalue weighted by Gasteiger charge is -2.38. The molecular weight excluding hydrogens is 348 g/mol. The number of esters is 1. The largest absolute Gasteiger partial charge is 0.479 e. The lowest BCUT2D eigenvalue weighted by atomic mass is 9.99. The zero-order valence-electron chi connectivity index (χ0n) is 13.7. The molecule has 1 aromatic rings. The molecule has 9 nitrogen and oxygen atoms in total. The van der Waals surface area contributed by atoms with Crippen molar-refractivity contribution in [2.75, 3.05) is 0 Å². The van der Waals surface area contributed by atoms with E-state index in [1.165, 1.54) is 0 Å². The molecule has 0 radical (unpaired) electrons. The Balaban J connectivity index is 1.62. The number of ether oxygens (including phenoxy) is 3. The van der Waals surface area contributed by atoms with Gasteiger partial charge in [0, 0.05) is 12.8 Å². The van der Waals surface area contributed by atoms with Gasteiger partial charge in [-0.3, -0.25) is 4.79 Å². The molecule has 6 atom stereocenters. The van der Waals surface area contributed by atoms with Crippen LogP contribution in [-0.4, -0.2) is 69.2 Å². The van der Waals surface area contributed by atoms with E-state index in [9.17, 15) is 24.9 Å². The van der Waals surface area contributed by atoms with Crippen molar-refractivity contribution in [2.24, 2.45) is 0 Å². The first-order valence-electron chi connectivity index (χ1n) is 8.22. The van der Waals surface area contributed by atoms with Gasteiger partial charge in [0.25, 0.3) is 0 Å². The number of cyclic esters (lactones) is 1. The lowest BCUT2D eigenvalue weighted by Crippen LogP contribution is -2.61. The van der Waals surface area contributed by atoms with Crippen LogP contribution in [0.5, 0.6) is 5.75 Å². The van der Waals surface area contributed by atoms with Crippen LogP contribution in [0, 0.1) is 0 Å². The molecule has 2 fully saturated rings. The Kier molecular flexibility index (Phi) is 5.42. The highest BCUT2D eigenvalue weighted by Gasteiger charge is 2.48. The number of hydrogen-bond acceptors (Lipinski definition) is 8. The zero-order valence-corrected chi connectivity index (χ0v) is 13.7. The molecular formula is C17H20O9.